The third kappa shape index (κ3) is 3.28. The van der Waals surface area contributed by atoms with Crippen molar-refractivity contribution in [2.75, 3.05) is 6.61 Å². The van der Waals surface area contributed by atoms with Gasteiger partial charge in [0.15, 0.2) is 0 Å². The van der Waals surface area contributed by atoms with Crippen LogP contribution in [0.3, 0.4) is 0 Å². The molecule has 17 heavy (non-hydrogen) atoms. The zero-order valence-electron chi connectivity index (χ0n) is 9.85. The number of aromatic nitrogens is 1. The van der Waals surface area contributed by atoms with Gasteiger partial charge < -0.3 is 10.5 Å². The number of rotatable bonds is 5. The highest BCUT2D eigenvalue weighted by Gasteiger charge is 2.02. The highest BCUT2D eigenvalue weighted by Crippen LogP contribution is 2.16. The monoisotopic (exact) mass is 248 g/mol. The fourth-order valence-corrected chi connectivity index (χ4v) is 2.35. The van der Waals surface area contributed by atoms with Crippen LogP contribution >= 0.6 is 11.3 Å². The molecule has 0 bridgehead atoms. The molecule has 3 nitrogen and oxygen atoms in total. The van der Waals surface area contributed by atoms with Crippen LogP contribution in [0.4, 0.5) is 0 Å². The van der Waals surface area contributed by atoms with E-state index in [0.29, 0.717) is 13.2 Å². The Balaban J connectivity index is 1.87. The topological polar surface area (TPSA) is 48.1 Å². The van der Waals surface area contributed by atoms with Gasteiger partial charge in [-0.05, 0) is 24.6 Å². The molecule has 0 aliphatic rings. The van der Waals surface area contributed by atoms with Gasteiger partial charge in [-0.3, -0.25) is 0 Å². The van der Waals surface area contributed by atoms with E-state index in [1.54, 1.807) is 11.3 Å². The average Bonchev–Trinajstić information content (AvgIpc) is 2.76. The summed E-state index contributed by atoms with van der Waals surface area (Å²) < 4.78 is 5.70. The molecule has 1 aromatic heterocycles. The molecule has 0 saturated carbocycles. The molecule has 0 aliphatic heterocycles. The van der Waals surface area contributed by atoms with E-state index in [1.165, 1.54) is 4.88 Å². The number of benzene rings is 1. The summed E-state index contributed by atoms with van der Waals surface area (Å²) >= 11 is 1.68. The molecule has 0 saturated heterocycles. The van der Waals surface area contributed by atoms with Crippen molar-refractivity contribution < 1.29 is 4.74 Å². The second-order valence-corrected chi connectivity index (χ2v) is 4.75. The zero-order chi connectivity index (χ0) is 12.1. The van der Waals surface area contributed by atoms with Crippen LogP contribution in [-0.2, 0) is 13.0 Å². The van der Waals surface area contributed by atoms with Gasteiger partial charge in [-0.1, -0.05) is 12.1 Å². The minimum Gasteiger partial charge on any atom is -0.493 e. The fraction of sp³-hybridized carbons (Fsp3) is 0.308. The van der Waals surface area contributed by atoms with Crippen LogP contribution in [0, 0.1) is 6.92 Å². The predicted molar refractivity (Wildman–Crippen MR) is 70.4 cm³/mol. The number of aryl methyl sites for hydroxylation is 1. The number of nitrogens with zero attached hydrogens (tertiary/aromatic N) is 1. The first-order valence-electron chi connectivity index (χ1n) is 5.60. The van der Waals surface area contributed by atoms with Crippen molar-refractivity contribution in [3.8, 4) is 5.75 Å². The molecule has 0 spiro atoms. The number of ether oxygens (including phenoxy) is 1. The SMILES string of the molecule is Cc1ncsc1CCOc1cccc(CN)c1. The van der Waals surface area contributed by atoms with Gasteiger partial charge >= 0.3 is 0 Å². The lowest BCUT2D eigenvalue weighted by atomic mass is 10.2. The molecule has 0 unspecified atom stereocenters. The Bertz CT molecular complexity index is 482. The lowest BCUT2D eigenvalue weighted by Crippen LogP contribution is -2.02. The molecule has 0 atom stereocenters. The van der Waals surface area contributed by atoms with Crippen molar-refractivity contribution in [2.45, 2.75) is 19.9 Å². The normalized spacial score (nSPS) is 10.5. The smallest absolute Gasteiger partial charge is 0.119 e. The molecule has 2 N–H and O–H groups in total. The predicted octanol–water partition coefficient (Wildman–Crippen LogP) is 2.53. The summed E-state index contributed by atoms with van der Waals surface area (Å²) in [6, 6.07) is 7.91. The maximum Gasteiger partial charge on any atom is 0.119 e. The van der Waals surface area contributed by atoms with Crippen molar-refractivity contribution in [3.63, 3.8) is 0 Å². The molecule has 2 aromatic rings. The molecule has 1 heterocycles. The molecule has 1 aromatic carbocycles. The number of hydrogen-bond donors (Lipinski definition) is 1. The Labute approximate surface area is 105 Å². The van der Waals surface area contributed by atoms with Gasteiger partial charge in [0.1, 0.15) is 5.75 Å². The Morgan fingerprint density at radius 2 is 2.29 bits per heavy atom. The van der Waals surface area contributed by atoms with Crippen LogP contribution < -0.4 is 10.5 Å². The van der Waals surface area contributed by atoms with Crippen molar-refractivity contribution in [1.82, 2.24) is 4.98 Å². The number of hydrogen-bond acceptors (Lipinski definition) is 4. The molecule has 0 amide bonds. The molecule has 2 rings (SSSR count). The molecular weight excluding hydrogens is 232 g/mol. The molecule has 90 valence electrons. The summed E-state index contributed by atoms with van der Waals surface area (Å²) in [7, 11) is 0. The van der Waals surface area contributed by atoms with Crippen LogP contribution in [-0.4, -0.2) is 11.6 Å². The molecule has 4 heteroatoms. The molecular formula is C13H16N2OS. The van der Waals surface area contributed by atoms with Crippen LogP contribution in [0.15, 0.2) is 29.8 Å². The Hall–Kier alpha value is -1.39. The quantitative estimate of drug-likeness (QED) is 0.884. The first-order valence-corrected chi connectivity index (χ1v) is 6.48. The van der Waals surface area contributed by atoms with Gasteiger partial charge in [0.25, 0.3) is 0 Å². The lowest BCUT2D eigenvalue weighted by Gasteiger charge is -2.06. The highest BCUT2D eigenvalue weighted by molar-refractivity contribution is 7.09. The maximum atomic E-state index is 5.70. The Morgan fingerprint density at radius 1 is 1.41 bits per heavy atom. The second kappa shape index (κ2) is 5.80. The standard InChI is InChI=1S/C13H16N2OS/c1-10-13(17-9-15-10)5-6-16-12-4-2-3-11(7-12)8-14/h2-4,7,9H,5-6,8,14H2,1H3. The van der Waals surface area contributed by atoms with Gasteiger partial charge in [0.05, 0.1) is 17.8 Å². The summed E-state index contributed by atoms with van der Waals surface area (Å²) in [6.45, 7) is 3.25. The third-order valence-corrected chi connectivity index (χ3v) is 3.57. The summed E-state index contributed by atoms with van der Waals surface area (Å²) in [5, 5.41) is 0. The zero-order valence-corrected chi connectivity index (χ0v) is 10.7. The van der Waals surface area contributed by atoms with Crippen LogP contribution in [0.1, 0.15) is 16.1 Å². The van der Waals surface area contributed by atoms with Gasteiger partial charge in [0, 0.05) is 17.8 Å². The van der Waals surface area contributed by atoms with E-state index < -0.39 is 0 Å². The summed E-state index contributed by atoms with van der Waals surface area (Å²) in [5.74, 6) is 0.884. The summed E-state index contributed by atoms with van der Waals surface area (Å²) in [4.78, 5) is 5.51. The first kappa shape index (κ1) is 12.1. The lowest BCUT2D eigenvalue weighted by molar-refractivity contribution is 0.322. The molecule has 0 fully saturated rings. The molecule has 0 radical (unpaired) electrons. The minimum atomic E-state index is 0.547. The largest absolute Gasteiger partial charge is 0.493 e. The average molecular weight is 248 g/mol. The van der Waals surface area contributed by atoms with E-state index in [1.807, 2.05) is 36.7 Å². The van der Waals surface area contributed by atoms with E-state index in [4.69, 9.17) is 10.5 Å². The number of nitrogens with two attached hydrogens (primary N) is 1. The second-order valence-electron chi connectivity index (χ2n) is 3.81. The fourth-order valence-electron chi connectivity index (χ4n) is 1.59. The summed E-state index contributed by atoms with van der Waals surface area (Å²) in [6.07, 6.45) is 0.906. The summed E-state index contributed by atoms with van der Waals surface area (Å²) in [5.41, 5.74) is 9.66. The minimum absolute atomic E-state index is 0.547. The van der Waals surface area contributed by atoms with Crippen molar-refractivity contribution in [3.05, 3.63) is 45.9 Å². The van der Waals surface area contributed by atoms with E-state index >= 15 is 0 Å². The first-order chi connectivity index (χ1) is 8.29. The Kier molecular flexibility index (Phi) is 4.12. The van der Waals surface area contributed by atoms with E-state index in [0.717, 1.165) is 23.4 Å². The van der Waals surface area contributed by atoms with E-state index in [9.17, 15) is 0 Å². The molecule has 0 aliphatic carbocycles. The van der Waals surface area contributed by atoms with Gasteiger partial charge in [-0.2, -0.15) is 0 Å². The van der Waals surface area contributed by atoms with Gasteiger partial charge in [-0.15, -0.1) is 11.3 Å². The van der Waals surface area contributed by atoms with Crippen molar-refractivity contribution in [2.24, 2.45) is 5.73 Å². The van der Waals surface area contributed by atoms with Crippen LogP contribution in [0.5, 0.6) is 5.75 Å². The Morgan fingerprint density at radius 3 is 3.00 bits per heavy atom. The van der Waals surface area contributed by atoms with Gasteiger partial charge in [0.2, 0.25) is 0 Å². The maximum absolute atomic E-state index is 5.70. The van der Waals surface area contributed by atoms with E-state index in [2.05, 4.69) is 4.98 Å². The van der Waals surface area contributed by atoms with Gasteiger partial charge in [-0.25, -0.2) is 4.98 Å². The van der Waals surface area contributed by atoms with E-state index in [-0.39, 0.29) is 0 Å². The van der Waals surface area contributed by atoms with Crippen LogP contribution in [0.25, 0.3) is 0 Å². The van der Waals surface area contributed by atoms with Crippen molar-refractivity contribution in [1.29, 1.82) is 0 Å². The third-order valence-electron chi connectivity index (χ3n) is 2.58. The highest BCUT2D eigenvalue weighted by atomic mass is 32.1. The van der Waals surface area contributed by atoms with Crippen LogP contribution in [0.2, 0.25) is 0 Å². The number of thiazole rings is 1. The van der Waals surface area contributed by atoms with Crippen molar-refractivity contribution >= 4 is 11.3 Å².